The summed E-state index contributed by atoms with van der Waals surface area (Å²) in [7, 11) is 2.23. The maximum Gasteiger partial charge on any atom is 0.0547 e. The lowest BCUT2D eigenvalue weighted by Crippen LogP contribution is -2.56. The second-order valence-electron chi connectivity index (χ2n) is 7.99. The molecule has 4 nitrogen and oxygen atoms in total. The van der Waals surface area contributed by atoms with E-state index in [9.17, 15) is 0 Å². The highest BCUT2D eigenvalue weighted by Crippen LogP contribution is 2.31. The van der Waals surface area contributed by atoms with Crippen LogP contribution in [0.2, 0.25) is 0 Å². The molecule has 2 unspecified atom stereocenters. The third-order valence-corrected chi connectivity index (χ3v) is 4.69. The van der Waals surface area contributed by atoms with Crippen LogP contribution in [0.4, 0.5) is 0 Å². The standard InChI is InChI=1S/C16H33N3O/c1-14-10-18(5)7-8-19(14)12-16(6-9-20-13-16)11-17-15(2,3)4/h14,17H,6-13H2,1-5H3. The third kappa shape index (κ3) is 4.42. The van der Waals surface area contributed by atoms with Crippen molar-refractivity contribution in [1.29, 1.82) is 0 Å². The Morgan fingerprint density at radius 2 is 2.05 bits per heavy atom. The van der Waals surface area contributed by atoms with Gasteiger partial charge in [0, 0.05) is 56.3 Å². The highest BCUT2D eigenvalue weighted by atomic mass is 16.5. The van der Waals surface area contributed by atoms with Gasteiger partial charge in [0.25, 0.3) is 0 Å². The lowest BCUT2D eigenvalue weighted by Gasteiger charge is -2.43. The molecule has 0 saturated carbocycles. The van der Waals surface area contributed by atoms with Crippen molar-refractivity contribution in [3.63, 3.8) is 0 Å². The Kier molecular flexibility index (Phi) is 5.11. The normalized spacial score (nSPS) is 33.8. The molecular weight excluding hydrogens is 250 g/mol. The van der Waals surface area contributed by atoms with Gasteiger partial charge in [-0.3, -0.25) is 4.90 Å². The Morgan fingerprint density at radius 1 is 1.30 bits per heavy atom. The van der Waals surface area contributed by atoms with Crippen LogP contribution in [0.15, 0.2) is 0 Å². The minimum absolute atomic E-state index is 0.184. The Hall–Kier alpha value is -0.160. The van der Waals surface area contributed by atoms with Gasteiger partial charge in [0.2, 0.25) is 0 Å². The van der Waals surface area contributed by atoms with E-state index in [1.165, 1.54) is 32.6 Å². The summed E-state index contributed by atoms with van der Waals surface area (Å²) in [6.07, 6.45) is 1.19. The second kappa shape index (κ2) is 6.30. The first-order valence-electron chi connectivity index (χ1n) is 8.05. The summed E-state index contributed by atoms with van der Waals surface area (Å²) in [6, 6.07) is 0.654. The first-order valence-corrected chi connectivity index (χ1v) is 8.05. The molecule has 0 aromatic carbocycles. The lowest BCUT2D eigenvalue weighted by molar-refractivity contribution is 0.0436. The zero-order valence-electron chi connectivity index (χ0n) is 14.0. The molecule has 0 amide bonds. The number of nitrogens with zero attached hydrogens (tertiary/aromatic N) is 2. The van der Waals surface area contributed by atoms with E-state index < -0.39 is 0 Å². The number of rotatable bonds is 4. The fourth-order valence-corrected chi connectivity index (χ4v) is 3.27. The number of hydrogen-bond acceptors (Lipinski definition) is 4. The predicted molar refractivity (Wildman–Crippen MR) is 84.2 cm³/mol. The minimum Gasteiger partial charge on any atom is -0.381 e. The molecule has 0 radical (unpaired) electrons. The maximum absolute atomic E-state index is 5.75. The van der Waals surface area contributed by atoms with Gasteiger partial charge in [-0.15, -0.1) is 0 Å². The predicted octanol–water partition coefficient (Wildman–Crippen LogP) is 1.42. The highest BCUT2D eigenvalue weighted by Gasteiger charge is 2.39. The topological polar surface area (TPSA) is 27.7 Å². The summed E-state index contributed by atoms with van der Waals surface area (Å²) >= 11 is 0. The molecular formula is C16H33N3O. The van der Waals surface area contributed by atoms with E-state index in [4.69, 9.17) is 4.74 Å². The molecule has 118 valence electrons. The smallest absolute Gasteiger partial charge is 0.0547 e. The molecule has 2 fully saturated rings. The van der Waals surface area contributed by atoms with E-state index in [1.807, 2.05) is 0 Å². The van der Waals surface area contributed by atoms with Crippen molar-refractivity contribution in [2.75, 3.05) is 53.0 Å². The highest BCUT2D eigenvalue weighted by molar-refractivity contribution is 4.92. The van der Waals surface area contributed by atoms with Crippen LogP contribution in [0.5, 0.6) is 0 Å². The van der Waals surface area contributed by atoms with E-state index in [0.29, 0.717) is 11.5 Å². The number of nitrogens with one attached hydrogen (secondary N) is 1. The lowest BCUT2D eigenvalue weighted by atomic mass is 9.85. The van der Waals surface area contributed by atoms with Crippen molar-refractivity contribution >= 4 is 0 Å². The average Bonchev–Trinajstić information content (AvgIpc) is 2.79. The van der Waals surface area contributed by atoms with Crippen molar-refractivity contribution in [3.05, 3.63) is 0 Å². The number of likely N-dealkylation sites (N-methyl/N-ethyl adjacent to an activating group) is 1. The van der Waals surface area contributed by atoms with Crippen molar-refractivity contribution in [2.45, 2.75) is 45.7 Å². The largest absolute Gasteiger partial charge is 0.381 e. The van der Waals surface area contributed by atoms with Gasteiger partial charge in [-0.05, 0) is 41.2 Å². The molecule has 2 saturated heterocycles. The molecule has 2 rings (SSSR count). The fourth-order valence-electron chi connectivity index (χ4n) is 3.27. The Balaban J connectivity index is 1.95. The molecule has 0 aliphatic carbocycles. The van der Waals surface area contributed by atoms with E-state index in [0.717, 1.165) is 19.8 Å². The molecule has 0 aromatic heterocycles. The van der Waals surface area contributed by atoms with Crippen molar-refractivity contribution in [1.82, 2.24) is 15.1 Å². The first-order chi connectivity index (χ1) is 9.30. The monoisotopic (exact) mass is 283 g/mol. The quantitative estimate of drug-likeness (QED) is 0.844. The molecule has 0 spiro atoms. The fraction of sp³-hybridized carbons (Fsp3) is 1.00. The number of ether oxygens (including phenoxy) is 1. The van der Waals surface area contributed by atoms with Crippen molar-refractivity contribution < 1.29 is 4.74 Å². The number of hydrogen-bond donors (Lipinski definition) is 1. The first kappa shape index (κ1) is 16.2. The van der Waals surface area contributed by atoms with Gasteiger partial charge in [0.1, 0.15) is 0 Å². The van der Waals surface area contributed by atoms with Crippen LogP contribution in [0.1, 0.15) is 34.1 Å². The van der Waals surface area contributed by atoms with Gasteiger partial charge < -0.3 is 15.0 Å². The van der Waals surface area contributed by atoms with Crippen molar-refractivity contribution in [3.8, 4) is 0 Å². The summed E-state index contributed by atoms with van der Waals surface area (Å²) in [5.74, 6) is 0. The summed E-state index contributed by atoms with van der Waals surface area (Å²) in [5.41, 5.74) is 0.487. The minimum atomic E-state index is 0.184. The van der Waals surface area contributed by atoms with Gasteiger partial charge in [-0.2, -0.15) is 0 Å². The maximum atomic E-state index is 5.75. The molecule has 0 bridgehead atoms. The zero-order chi connectivity index (χ0) is 14.8. The van der Waals surface area contributed by atoms with Crippen LogP contribution in [0.3, 0.4) is 0 Å². The molecule has 1 N–H and O–H groups in total. The Morgan fingerprint density at radius 3 is 2.60 bits per heavy atom. The Bertz CT molecular complexity index is 307. The van der Waals surface area contributed by atoms with Crippen LogP contribution >= 0.6 is 0 Å². The molecule has 2 heterocycles. The SMILES string of the molecule is CC1CN(C)CCN1CC1(CNC(C)(C)C)CCOC1. The van der Waals surface area contributed by atoms with Gasteiger partial charge in [-0.25, -0.2) is 0 Å². The van der Waals surface area contributed by atoms with Gasteiger partial charge >= 0.3 is 0 Å². The van der Waals surface area contributed by atoms with E-state index in [2.05, 4.69) is 49.9 Å². The van der Waals surface area contributed by atoms with Crippen LogP contribution in [-0.4, -0.2) is 74.4 Å². The molecule has 4 heteroatoms. The number of piperazine rings is 1. The summed E-state index contributed by atoms with van der Waals surface area (Å²) in [5, 5.41) is 3.70. The van der Waals surface area contributed by atoms with Crippen LogP contribution in [0.25, 0.3) is 0 Å². The van der Waals surface area contributed by atoms with Gasteiger partial charge in [-0.1, -0.05) is 0 Å². The Labute approximate surface area is 124 Å². The molecule has 2 aliphatic rings. The zero-order valence-corrected chi connectivity index (χ0v) is 14.0. The molecule has 20 heavy (non-hydrogen) atoms. The molecule has 2 aliphatic heterocycles. The molecule has 2 atom stereocenters. The summed E-state index contributed by atoms with van der Waals surface area (Å²) in [6.45, 7) is 16.7. The average molecular weight is 283 g/mol. The molecule has 0 aromatic rings. The van der Waals surface area contributed by atoms with Crippen LogP contribution in [-0.2, 0) is 4.74 Å². The van der Waals surface area contributed by atoms with Crippen LogP contribution < -0.4 is 5.32 Å². The van der Waals surface area contributed by atoms with Gasteiger partial charge in [0.05, 0.1) is 6.61 Å². The van der Waals surface area contributed by atoms with Gasteiger partial charge in [0.15, 0.2) is 0 Å². The van der Waals surface area contributed by atoms with Crippen molar-refractivity contribution in [2.24, 2.45) is 5.41 Å². The summed E-state index contributed by atoms with van der Waals surface area (Å²) < 4.78 is 5.75. The summed E-state index contributed by atoms with van der Waals surface area (Å²) in [4.78, 5) is 5.10. The second-order valence-corrected chi connectivity index (χ2v) is 7.99. The van der Waals surface area contributed by atoms with E-state index in [1.54, 1.807) is 0 Å². The third-order valence-electron chi connectivity index (χ3n) is 4.69. The van der Waals surface area contributed by atoms with E-state index in [-0.39, 0.29) is 5.54 Å². The van der Waals surface area contributed by atoms with E-state index >= 15 is 0 Å². The van der Waals surface area contributed by atoms with Crippen LogP contribution in [0, 0.1) is 5.41 Å².